The van der Waals surface area contributed by atoms with Crippen LogP contribution in [0.3, 0.4) is 0 Å². The molecular formula is C20H16ClN3O5S. The van der Waals surface area contributed by atoms with Gasteiger partial charge in [-0.1, -0.05) is 23.7 Å². The molecule has 1 aliphatic heterocycles. The number of aryl methyl sites for hydroxylation is 2. The van der Waals surface area contributed by atoms with Gasteiger partial charge in [0.25, 0.3) is 16.8 Å². The van der Waals surface area contributed by atoms with E-state index >= 15 is 0 Å². The van der Waals surface area contributed by atoms with Crippen LogP contribution in [0.2, 0.25) is 5.02 Å². The van der Waals surface area contributed by atoms with E-state index in [1.807, 2.05) is 19.9 Å². The normalized spacial score (nSPS) is 15.0. The second-order valence-electron chi connectivity index (χ2n) is 6.66. The molecule has 1 saturated heterocycles. The van der Waals surface area contributed by atoms with Gasteiger partial charge in [-0.15, -0.1) is 0 Å². The highest BCUT2D eigenvalue weighted by Crippen LogP contribution is 2.33. The highest BCUT2D eigenvalue weighted by atomic mass is 35.5. The van der Waals surface area contributed by atoms with Gasteiger partial charge in [-0.3, -0.25) is 29.4 Å². The molecular weight excluding hydrogens is 430 g/mol. The number of rotatable bonds is 5. The number of nitro benzene ring substituents is 1. The molecule has 0 atom stereocenters. The van der Waals surface area contributed by atoms with Crippen LogP contribution in [0.15, 0.2) is 41.3 Å². The standard InChI is InChI=1S/C20H16ClN3O5S/c1-11-5-12(2)7-14(6-11)22-18(25)10-23-19(26)17(30-20(23)27)9-13-3-4-15(21)16(8-13)24(28)29/h3-9H,10H2,1-2H3,(H,22,25)/b17-9-. The smallest absolute Gasteiger partial charge is 0.294 e. The van der Waals surface area contributed by atoms with Crippen molar-refractivity contribution in [1.29, 1.82) is 0 Å². The number of carbonyl (C=O) groups is 3. The van der Waals surface area contributed by atoms with Crippen molar-refractivity contribution in [1.82, 2.24) is 4.90 Å². The molecule has 2 aromatic rings. The van der Waals surface area contributed by atoms with Crippen molar-refractivity contribution in [3.05, 3.63) is 73.1 Å². The fourth-order valence-corrected chi connectivity index (χ4v) is 3.96. The van der Waals surface area contributed by atoms with E-state index in [4.69, 9.17) is 11.6 Å². The molecule has 1 heterocycles. The average molecular weight is 446 g/mol. The summed E-state index contributed by atoms with van der Waals surface area (Å²) in [4.78, 5) is 48.4. The van der Waals surface area contributed by atoms with Crippen LogP contribution in [0.1, 0.15) is 16.7 Å². The van der Waals surface area contributed by atoms with E-state index in [1.165, 1.54) is 24.3 Å². The van der Waals surface area contributed by atoms with Gasteiger partial charge in [0, 0.05) is 11.8 Å². The summed E-state index contributed by atoms with van der Waals surface area (Å²) in [6, 6.07) is 9.57. The summed E-state index contributed by atoms with van der Waals surface area (Å²) in [6.07, 6.45) is 1.36. The maximum absolute atomic E-state index is 12.6. The van der Waals surface area contributed by atoms with E-state index in [2.05, 4.69) is 5.32 Å². The summed E-state index contributed by atoms with van der Waals surface area (Å²) in [5.74, 6) is -1.15. The molecule has 1 fully saturated rings. The van der Waals surface area contributed by atoms with Crippen LogP contribution in [0.5, 0.6) is 0 Å². The van der Waals surface area contributed by atoms with Crippen LogP contribution < -0.4 is 5.32 Å². The molecule has 0 aliphatic carbocycles. The summed E-state index contributed by atoms with van der Waals surface area (Å²) >= 11 is 6.45. The number of nitrogens with zero attached hydrogens (tertiary/aromatic N) is 2. The lowest BCUT2D eigenvalue weighted by Gasteiger charge is -2.13. The van der Waals surface area contributed by atoms with Crippen molar-refractivity contribution in [3.63, 3.8) is 0 Å². The van der Waals surface area contributed by atoms with Crippen LogP contribution in [-0.2, 0) is 9.59 Å². The SMILES string of the molecule is Cc1cc(C)cc(NC(=O)CN2C(=O)S/C(=C\c3ccc(Cl)c([N+](=O)[O-])c3)C2=O)c1. The quantitative estimate of drug-likeness (QED) is 0.411. The minimum atomic E-state index is -0.641. The molecule has 0 saturated carbocycles. The van der Waals surface area contributed by atoms with Gasteiger partial charge in [-0.25, -0.2) is 0 Å². The zero-order chi connectivity index (χ0) is 22.0. The van der Waals surface area contributed by atoms with Gasteiger partial charge in [0.05, 0.1) is 9.83 Å². The Bertz CT molecular complexity index is 1100. The van der Waals surface area contributed by atoms with E-state index in [0.29, 0.717) is 23.0 Å². The number of halogens is 1. The number of hydrogen-bond donors (Lipinski definition) is 1. The molecule has 10 heteroatoms. The fraction of sp³-hybridized carbons (Fsp3) is 0.150. The van der Waals surface area contributed by atoms with Crippen molar-refractivity contribution in [2.75, 3.05) is 11.9 Å². The van der Waals surface area contributed by atoms with Gasteiger partial charge >= 0.3 is 0 Å². The second kappa shape index (κ2) is 8.68. The topological polar surface area (TPSA) is 110 Å². The van der Waals surface area contributed by atoms with E-state index < -0.39 is 28.5 Å². The largest absolute Gasteiger partial charge is 0.325 e. The summed E-state index contributed by atoms with van der Waals surface area (Å²) in [7, 11) is 0. The molecule has 0 radical (unpaired) electrons. The van der Waals surface area contributed by atoms with Crippen LogP contribution in [-0.4, -0.2) is 33.4 Å². The molecule has 0 aromatic heterocycles. The zero-order valence-corrected chi connectivity index (χ0v) is 17.5. The van der Waals surface area contributed by atoms with Crippen molar-refractivity contribution in [2.45, 2.75) is 13.8 Å². The van der Waals surface area contributed by atoms with Crippen molar-refractivity contribution < 1.29 is 19.3 Å². The third kappa shape index (κ3) is 4.87. The van der Waals surface area contributed by atoms with Crippen molar-refractivity contribution in [3.8, 4) is 0 Å². The number of imide groups is 1. The van der Waals surface area contributed by atoms with Gasteiger partial charge in [0.1, 0.15) is 11.6 Å². The first-order valence-corrected chi connectivity index (χ1v) is 9.91. The maximum atomic E-state index is 12.6. The molecule has 154 valence electrons. The van der Waals surface area contributed by atoms with Gasteiger partial charge in [-0.2, -0.15) is 0 Å². The number of carbonyl (C=O) groups excluding carboxylic acids is 3. The summed E-state index contributed by atoms with van der Waals surface area (Å²) in [5.41, 5.74) is 2.55. The molecule has 1 N–H and O–H groups in total. The second-order valence-corrected chi connectivity index (χ2v) is 8.06. The van der Waals surface area contributed by atoms with E-state index in [9.17, 15) is 24.5 Å². The monoisotopic (exact) mass is 445 g/mol. The number of hydrogen-bond acceptors (Lipinski definition) is 6. The third-order valence-corrected chi connectivity index (χ3v) is 5.37. The predicted molar refractivity (Wildman–Crippen MR) is 115 cm³/mol. The predicted octanol–water partition coefficient (Wildman–Crippen LogP) is 4.54. The number of nitro groups is 1. The minimum Gasteiger partial charge on any atom is -0.325 e. The van der Waals surface area contributed by atoms with E-state index in [0.717, 1.165) is 16.0 Å². The Morgan fingerprint density at radius 1 is 1.20 bits per heavy atom. The van der Waals surface area contributed by atoms with Gasteiger partial charge in [0.15, 0.2) is 0 Å². The molecule has 0 spiro atoms. The summed E-state index contributed by atoms with van der Waals surface area (Å²) in [6.45, 7) is 3.35. The first kappa shape index (κ1) is 21.5. The van der Waals surface area contributed by atoms with E-state index in [-0.39, 0.29) is 15.6 Å². The minimum absolute atomic E-state index is 0.0340. The van der Waals surface area contributed by atoms with Crippen molar-refractivity contribution in [2.24, 2.45) is 0 Å². The first-order chi connectivity index (χ1) is 14.1. The number of amides is 3. The molecule has 2 aromatic carbocycles. The molecule has 3 amide bonds. The average Bonchev–Trinajstić information content (AvgIpc) is 2.89. The lowest BCUT2D eigenvalue weighted by molar-refractivity contribution is -0.384. The molecule has 3 rings (SSSR count). The molecule has 30 heavy (non-hydrogen) atoms. The van der Waals surface area contributed by atoms with Gasteiger partial charge in [-0.05, 0) is 66.6 Å². The Morgan fingerprint density at radius 2 is 1.87 bits per heavy atom. The molecule has 0 bridgehead atoms. The maximum Gasteiger partial charge on any atom is 0.294 e. The summed E-state index contributed by atoms with van der Waals surface area (Å²) < 4.78 is 0. The number of anilines is 1. The third-order valence-electron chi connectivity index (χ3n) is 4.15. The Balaban J connectivity index is 1.74. The fourth-order valence-electron chi connectivity index (χ4n) is 2.94. The Morgan fingerprint density at radius 3 is 2.50 bits per heavy atom. The van der Waals surface area contributed by atoms with Gasteiger partial charge < -0.3 is 5.32 Å². The number of benzene rings is 2. The Labute approximate surface area is 181 Å². The molecule has 1 aliphatic rings. The van der Waals surface area contributed by atoms with Crippen LogP contribution >= 0.6 is 23.4 Å². The number of nitrogens with one attached hydrogen (secondary N) is 1. The Hall–Kier alpha value is -3.17. The van der Waals surface area contributed by atoms with Crippen molar-refractivity contribution >= 4 is 57.9 Å². The highest BCUT2D eigenvalue weighted by molar-refractivity contribution is 8.18. The first-order valence-electron chi connectivity index (χ1n) is 8.71. The van der Waals surface area contributed by atoms with Crippen LogP contribution in [0.25, 0.3) is 6.08 Å². The number of thioether (sulfide) groups is 1. The summed E-state index contributed by atoms with van der Waals surface area (Å²) in [5, 5.41) is 13.1. The lowest BCUT2D eigenvalue weighted by Crippen LogP contribution is -2.36. The highest BCUT2D eigenvalue weighted by Gasteiger charge is 2.36. The molecule has 8 nitrogen and oxygen atoms in total. The van der Waals surface area contributed by atoms with Gasteiger partial charge in [0.2, 0.25) is 5.91 Å². The van der Waals surface area contributed by atoms with E-state index in [1.54, 1.807) is 12.1 Å². The van der Waals surface area contributed by atoms with Crippen LogP contribution in [0, 0.1) is 24.0 Å². The Kier molecular flexibility index (Phi) is 6.23. The lowest BCUT2D eigenvalue weighted by atomic mass is 10.1. The molecule has 0 unspecified atom stereocenters. The van der Waals surface area contributed by atoms with Crippen LogP contribution in [0.4, 0.5) is 16.2 Å². The zero-order valence-electron chi connectivity index (χ0n) is 16.0.